The van der Waals surface area contributed by atoms with Crippen LogP contribution in [0.4, 0.5) is 10.5 Å². The van der Waals surface area contributed by atoms with Crippen LogP contribution in [0, 0.1) is 13.8 Å². The molecule has 0 fully saturated rings. The third-order valence-corrected chi connectivity index (χ3v) is 9.20. The molecule has 44 heavy (non-hydrogen) atoms. The molecule has 0 radical (unpaired) electrons. The van der Waals surface area contributed by atoms with E-state index in [2.05, 4.69) is 59.0 Å². The topological polar surface area (TPSA) is 146 Å². The van der Waals surface area contributed by atoms with Gasteiger partial charge in [-0.15, -0.1) is 0 Å². The van der Waals surface area contributed by atoms with E-state index in [-0.39, 0.29) is 22.3 Å². The van der Waals surface area contributed by atoms with Crippen LogP contribution in [0.3, 0.4) is 0 Å². The lowest BCUT2D eigenvalue weighted by Crippen LogP contribution is -2.28. The normalized spacial score (nSPS) is 12.9. The molecule has 2 aromatic heterocycles. The number of pyridine rings is 1. The van der Waals surface area contributed by atoms with Crippen LogP contribution in [0.15, 0.2) is 90.0 Å². The van der Waals surface area contributed by atoms with Crippen molar-refractivity contribution in [2.24, 2.45) is 5.73 Å². The molecule has 0 aliphatic rings. The molecule has 5 rings (SSSR count). The minimum absolute atomic E-state index is 0.0380. The minimum Gasteiger partial charge on any atom is -0.431 e. The van der Waals surface area contributed by atoms with Crippen molar-refractivity contribution >= 4 is 38.6 Å². The molecular formula is C33H33N5O5S. The second-order valence-corrected chi connectivity index (χ2v) is 12.9. The third kappa shape index (κ3) is 6.32. The summed E-state index contributed by atoms with van der Waals surface area (Å²) in [6.07, 6.45) is -1.06. The molecule has 3 aromatic carbocycles. The molecule has 0 aliphatic carbocycles. The van der Waals surface area contributed by atoms with Gasteiger partial charge in [0.1, 0.15) is 5.69 Å². The Bertz CT molecular complexity index is 1930. The van der Waals surface area contributed by atoms with Gasteiger partial charge >= 0.3 is 6.09 Å². The van der Waals surface area contributed by atoms with E-state index in [9.17, 15) is 18.0 Å². The van der Waals surface area contributed by atoms with Crippen molar-refractivity contribution in [2.45, 2.75) is 44.7 Å². The molecule has 0 saturated heterocycles. The van der Waals surface area contributed by atoms with Gasteiger partial charge < -0.3 is 20.4 Å². The van der Waals surface area contributed by atoms with Gasteiger partial charge in [0.2, 0.25) is 6.10 Å². The highest BCUT2D eigenvalue weighted by Gasteiger charge is 2.26. The number of ether oxygens (including phenoxy) is 1. The molecule has 0 saturated carbocycles. The quantitative estimate of drug-likeness (QED) is 0.211. The van der Waals surface area contributed by atoms with Crippen LogP contribution >= 0.6 is 0 Å². The number of rotatable bonds is 9. The smallest absolute Gasteiger partial charge is 0.405 e. The molecule has 0 spiro atoms. The lowest BCUT2D eigenvalue weighted by Gasteiger charge is -2.19. The molecule has 3 N–H and O–H groups in total. The summed E-state index contributed by atoms with van der Waals surface area (Å²) in [5, 5.41) is 2.70. The largest absolute Gasteiger partial charge is 0.431 e. The van der Waals surface area contributed by atoms with Crippen LogP contribution in [0.25, 0.3) is 22.6 Å². The average molecular weight is 612 g/mol. The van der Waals surface area contributed by atoms with Gasteiger partial charge in [0.25, 0.3) is 5.91 Å². The number of amides is 2. The number of primary amides is 1. The van der Waals surface area contributed by atoms with E-state index in [4.69, 9.17) is 15.5 Å². The molecule has 2 heterocycles. The number of carbonyl (C=O) groups excluding carboxylic acids is 2. The van der Waals surface area contributed by atoms with Crippen molar-refractivity contribution in [1.82, 2.24) is 14.5 Å². The van der Waals surface area contributed by atoms with Crippen LogP contribution in [0.2, 0.25) is 0 Å². The van der Waals surface area contributed by atoms with Crippen molar-refractivity contribution in [2.75, 3.05) is 11.1 Å². The first-order valence-electron chi connectivity index (χ1n) is 14.1. The van der Waals surface area contributed by atoms with Crippen molar-refractivity contribution in [3.8, 4) is 11.5 Å². The van der Waals surface area contributed by atoms with Crippen molar-refractivity contribution in [1.29, 1.82) is 0 Å². The van der Waals surface area contributed by atoms with Crippen molar-refractivity contribution < 1.29 is 22.7 Å². The van der Waals surface area contributed by atoms with Gasteiger partial charge in [-0.05, 0) is 68.3 Å². The van der Waals surface area contributed by atoms with Crippen LogP contribution < -0.4 is 11.1 Å². The second-order valence-electron chi connectivity index (χ2n) is 10.6. The predicted molar refractivity (Wildman–Crippen MR) is 169 cm³/mol. The Labute approximate surface area is 255 Å². The zero-order valence-corrected chi connectivity index (χ0v) is 25.6. The summed E-state index contributed by atoms with van der Waals surface area (Å²) in [6.45, 7) is 7.75. The number of imidazole rings is 1. The maximum absolute atomic E-state index is 13.2. The number of anilines is 1. The van der Waals surface area contributed by atoms with Crippen LogP contribution in [0.1, 0.15) is 48.2 Å². The zero-order chi connectivity index (χ0) is 31.6. The van der Waals surface area contributed by atoms with Gasteiger partial charge in [0.05, 0.1) is 39.6 Å². The summed E-state index contributed by atoms with van der Waals surface area (Å²) in [4.78, 5) is 34.4. The number of carbonyl (C=O) groups is 2. The molecule has 226 valence electrons. The van der Waals surface area contributed by atoms with E-state index in [1.54, 1.807) is 12.1 Å². The molecule has 1 unspecified atom stereocenters. The molecule has 11 heteroatoms. The fourth-order valence-corrected chi connectivity index (χ4v) is 5.87. The van der Waals surface area contributed by atoms with Gasteiger partial charge in [0.15, 0.2) is 15.7 Å². The number of sulfone groups is 1. The highest BCUT2D eigenvalue weighted by Crippen LogP contribution is 2.32. The number of hydrogen-bond acceptors (Lipinski definition) is 7. The Balaban J connectivity index is 1.44. The first kappa shape index (κ1) is 30.4. The molecule has 0 aliphatic heterocycles. The molecular weight excluding hydrogens is 578 g/mol. The zero-order valence-electron chi connectivity index (χ0n) is 24.8. The molecule has 2 amide bonds. The highest BCUT2D eigenvalue weighted by atomic mass is 32.2. The van der Waals surface area contributed by atoms with Gasteiger partial charge in [-0.25, -0.2) is 18.2 Å². The van der Waals surface area contributed by atoms with E-state index >= 15 is 0 Å². The average Bonchev–Trinajstić information content (AvgIpc) is 3.38. The van der Waals surface area contributed by atoms with Crippen molar-refractivity contribution in [3.63, 3.8) is 0 Å². The van der Waals surface area contributed by atoms with Gasteiger partial charge in [0, 0.05) is 5.56 Å². The van der Waals surface area contributed by atoms with E-state index in [1.165, 1.54) is 42.9 Å². The maximum Gasteiger partial charge on any atom is 0.405 e. The Morgan fingerprint density at radius 2 is 1.59 bits per heavy atom. The van der Waals surface area contributed by atoms with Gasteiger partial charge in [-0.3, -0.25) is 9.78 Å². The van der Waals surface area contributed by atoms with E-state index in [0.29, 0.717) is 17.2 Å². The molecule has 10 nitrogen and oxygen atoms in total. The lowest BCUT2D eigenvalue weighted by molar-refractivity contribution is -0.124. The Hall–Kier alpha value is -5.03. The standard InChI is InChI=1S/C33H33N5O5S/c1-5-44(41,42)26-14-11-24(12-15-26)30(43-33(34)40)32(39)36-25-13-17-28(35-19-25)31-37-27-16-8-21(3)18-29(27)38(31)22(4)23-9-6-20(2)7-10-23/h6-19,22,30H,5H2,1-4H3,(H2,34,40)(H,36,39)/t22-,30?/m0/s1. The summed E-state index contributed by atoms with van der Waals surface area (Å²) < 4.78 is 31.6. The monoisotopic (exact) mass is 611 g/mol. The first-order chi connectivity index (χ1) is 21.0. The number of fused-ring (bicyclic) bond motifs is 1. The molecule has 5 aromatic rings. The predicted octanol–water partition coefficient (Wildman–Crippen LogP) is 5.89. The Morgan fingerprint density at radius 1 is 0.932 bits per heavy atom. The second kappa shape index (κ2) is 12.3. The van der Waals surface area contributed by atoms with E-state index < -0.39 is 27.9 Å². The molecule has 0 bridgehead atoms. The van der Waals surface area contributed by atoms with E-state index in [1.807, 2.05) is 19.1 Å². The van der Waals surface area contributed by atoms with Gasteiger partial charge in [-0.1, -0.05) is 55.0 Å². The third-order valence-electron chi connectivity index (χ3n) is 7.45. The minimum atomic E-state index is -3.44. The SMILES string of the molecule is CCS(=O)(=O)c1ccc(C(OC(N)=O)C(=O)Nc2ccc(-c3nc4ccc(C)cc4n3[C@@H](C)c3ccc(C)cc3)nc2)cc1. The number of aromatic nitrogens is 3. The number of aryl methyl sites for hydroxylation is 2. The van der Waals surface area contributed by atoms with Crippen LogP contribution in [0.5, 0.6) is 0 Å². The fourth-order valence-electron chi connectivity index (χ4n) is 4.98. The number of nitrogens with zero attached hydrogens (tertiary/aromatic N) is 3. The van der Waals surface area contributed by atoms with Crippen LogP contribution in [-0.4, -0.2) is 40.7 Å². The summed E-state index contributed by atoms with van der Waals surface area (Å²) >= 11 is 0. The number of benzene rings is 3. The Morgan fingerprint density at radius 3 is 2.20 bits per heavy atom. The summed E-state index contributed by atoms with van der Waals surface area (Å²) in [7, 11) is -3.44. The summed E-state index contributed by atoms with van der Waals surface area (Å²) in [6, 6.07) is 23.5. The fraction of sp³-hybridized carbons (Fsp3) is 0.212. The maximum atomic E-state index is 13.2. The summed E-state index contributed by atoms with van der Waals surface area (Å²) in [5.74, 6) is -0.0774. The molecule has 2 atom stereocenters. The van der Waals surface area contributed by atoms with Gasteiger partial charge in [-0.2, -0.15) is 0 Å². The van der Waals surface area contributed by atoms with Crippen molar-refractivity contribution in [3.05, 3.63) is 107 Å². The van der Waals surface area contributed by atoms with E-state index in [0.717, 1.165) is 22.2 Å². The first-order valence-corrected chi connectivity index (χ1v) is 15.7. The number of nitrogens with one attached hydrogen (secondary N) is 1. The van der Waals surface area contributed by atoms with Crippen LogP contribution in [-0.2, 0) is 19.4 Å². The highest BCUT2D eigenvalue weighted by molar-refractivity contribution is 7.91. The summed E-state index contributed by atoms with van der Waals surface area (Å²) in [5.41, 5.74) is 11.7. The Kier molecular flexibility index (Phi) is 8.50. The number of nitrogens with two attached hydrogens (primary N) is 1. The number of hydrogen-bond donors (Lipinski definition) is 2. The lowest BCUT2D eigenvalue weighted by atomic mass is 10.1.